The SMILES string of the molecule is COC(=O)c1ccc(NC(=O)Cn2nc(-c3ccccc3OC)ccc2=O)cc1. The van der Waals surface area contributed by atoms with Crippen molar-refractivity contribution in [2.24, 2.45) is 0 Å². The van der Waals surface area contributed by atoms with E-state index in [-0.39, 0.29) is 6.54 Å². The Morgan fingerprint density at radius 3 is 2.41 bits per heavy atom. The van der Waals surface area contributed by atoms with Crippen LogP contribution in [0.3, 0.4) is 0 Å². The number of aromatic nitrogens is 2. The molecule has 3 rings (SSSR count). The number of carbonyl (C=O) groups excluding carboxylic acids is 2. The average Bonchev–Trinajstić information content (AvgIpc) is 2.75. The predicted molar refractivity (Wildman–Crippen MR) is 107 cm³/mol. The number of hydrogen-bond acceptors (Lipinski definition) is 6. The van der Waals surface area contributed by atoms with Crippen LogP contribution in [0.5, 0.6) is 5.75 Å². The Morgan fingerprint density at radius 1 is 1.00 bits per heavy atom. The smallest absolute Gasteiger partial charge is 0.337 e. The van der Waals surface area contributed by atoms with Gasteiger partial charge in [0.05, 0.1) is 25.5 Å². The van der Waals surface area contributed by atoms with E-state index in [1.165, 1.54) is 25.3 Å². The highest BCUT2D eigenvalue weighted by molar-refractivity contribution is 5.92. The largest absolute Gasteiger partial charge is 0.496 e. The number of carbonyl (C=O) groups is 2. The Balaban J connectivity index is 1.77. The number of amides is 1. The van der Waals surface area contributed by atoms with Gasteiger partial charge in [-0.25, -0.2) is 9.48 Å². The molecule has 1 amide bonds. The van der Waals surface area contributed by atoms with Gasteiger partial charge in [0.1, 0.15) is 12.3 Å². The first kappa shape index (κ1) is 19.8. The molecule has 0 bridgehead atoms. The minimum atomic E-state index is -0.466. The zero-order valence-corrected chi connectivity index (χ0v) is 15.9. The van der Waals surface area contributed by atoms with Gasteiger partial charge in [0.2, 0.25) is 5.91 Å². The Bertz CT molecular complexity index is 1090. The van der Waals surface area contributed by atoms with Gasteiger partial charge >= 0.3 is 5.97 Å². The first-order valence-corrected chi connectivity index (χ1v) is 8.71. The summed E-state index contributed by atoms with van der Waals surface area (Å²) < 4.78 is 11.0. The van der Waals surface area contributed by atoms with E-state index < -0.39 is 17.4 Å². The lowest BCUT2D eigenvalue weighted by Gasteiger charge is -2.10. The van der Waals surface area contributed by atoms with Gasteiger partial charge in [-0.05, 0) is 42.5 Å². The molecule has 0 aliphatic carbocycles. The maximum atomic E-state index is 12.4. The number of hydrogen-bond donors (Lipinski definition) is 1. The van der Waals surface area contributed by atoms with Gasteiger partial charge < -0.3 is 14.8 Å². The Labute approximate surface area is 166 Å². The van der Waals surface area contributed by atoms with Crippen LogP contribution < -0.4 is 15.6 Å². The van der Waals surface area contributed by atoms with Gasteiger partial charge in [0, 0.05) is 17.3 Å². The van der Waals surface area contributed by atoms with Crippen LogP contribution in [0.4, 0.5) is 5.69 Å². The molecule has 8 heteroatoms. The summed E-state index contributed by atoms with van der Waals surface area (Å²) in [4.78, 5) is 35.9. The highest BCUT2D eigenvalue weighted by atomic mass is 16.5. The van der Waals surface area contributed by atoms with Gasteiger partial charge in [-0.2, -0.15) is 5.10 Å². The second-order valence-electron chi connectivity index (χ2n) is 6.03. The maximum Gasteiger partial charge on any atom is 0.337 e. The van der Waals surface area contributed by atoms with Crippen molar-refractivity contribution >= 4 is 17.6 Å². The fraction of sp³-hybridized carbons (Fsp3) is 0.143. The predicted octanol–water partition coefficient (Wildman–Crippen LogP) is 2.34. The minimum Gasteiger partial charge on any atom is -0.496 e. The Morgan fingerprint density at radius 2 is 1.72 bits per heavy atom. The van der Waals surface area contributed by atoms with E-state index in [9.17, 15) is 14.4 Å². The van der Waals surface area contributed by atoms with Gasteiger partial charge in [0.15, 0.2) is 0 Å². The fourth-order valence-electron chi connectivity index (χ4n) is 2.71. The molecule has 1 N–H and O–H groups in total. The lowest BCUT2D eigenvalue weighted by molar-refractivity contribution is -0.117. The van der Waals surface area contributed by atoms with Crippen molar-refractivity contribution in [1.82, 2.24) is 9.78 Å². The van der Waals surface area contributed by atoms with E-state index in [2.05, 4.69) is 15.2 Å². The normalized spacial score (nSPS) is 10.3. The lowest BCUT2D eigenvalue weighted by Crippen LogP contribution is -2.29. The number of anilines is 1. The van der Waals surface area contributed by atoms with Crippen LogP contribution in [0, 0.1) is 0 Å². The van der Waals surface area contributed by atoms with Crippen LogP contribution in [0.15, 0.2) is 65.5 Å². The molecule has 8 nitrogen and oxygen atoms in total. The summed E-state index contributed by atoms with van der Waals surface area (Å²) in [5.74, 6) is -0.283. The van der Waals surface area contributed by atoms with E-state index >= 15 is 0 Å². The van der Waals surface area contributed by atoms with Gasteiger partial charge in [-0.1, -0.05) is 12.1 Å². The monoisotopic (exact) mass is 393 g/mol. The number of para-hydroxylation sites is 1. The second-order valence-corrected chi connectivity index (χ2v) is 6.03. The van der Waals surface area contributed by atoms with Crippen molar-refractivity contribution in [3.63, 3.8) is 0 Å². The maximum absolute atomic E-state index is 12.4. The highest BCUT2D eigenvalue weighted by Gasteiger charge is 2.11. The first-order valence-electron chi connectivity index (χ1n) is 8.71. The van der Waals surface area contributed by atoms with Crippen LogP contribution in [-0.2, 0) is 16.1 Å². The molecule has 1 heterocycles. The molecule has 2 aromatic carbocycles. The summed E-state index contributed by atoms with van der Waals surface area (Å²) in [5.41, 5.74) is 1.67. The van der Waals surface area contributed by atoms with Crippen molar-refractivity contribution in [3.8, 4) is 17.0 Å². The lowest BCUT2D eigenvalue weighted by atomic mass is 10.1. The summed E-state index contributed by atoms with van der Waals surface area (Å²) in [6.07, 6.45) is 0. The number of nitrogens with one attached hydrogen (secondary N) is 1. The van der Waals surface area contributed by atoms with E-state index in [1.807, 2.05) is 18.2 Å². The summed E-state index contributed by atoms with van der Waals surface area (Å²) in [6, 6.07) is 16.4. The standard InChI is InChI=1S/C21H19N3O5/c1-28-18-6-4-3-5-16(18)17-11-12-20(26)24(23-17)13-19(25)22-15-9-7-14(8-10-15)21(27)29-2/h3-12H,13H2,1-2H3,(H,22,25). The second kappa shape index (κ2) is 8.83. The summed E-state index contributed by atoms with van der Waals surface area (Å²) in [6.45, 7) is -0.263. The molecular formula is C21H19N3O5. The van der Waals surface area contributed by atoms with Crippen LogP contribution >= 0.6 is 0 Å². The first-order chi connectivity index (χ1) is 14.0. The summed E-state index contributed by atoms with van der Waals surface area (Å²) in [5, 5.41) is 6.95. The molecular weight excluding hydrogens is 374 g/mol. The van der Waals surface area contributed by atoms with Crippen LogP contribution in [0.1, 0.15) is 10.4 Å². The average molecular weight is 393 g/mol. The molecule has 1 aromatic heterocycles. The quantitative estimate of drug-likeness (QED) is 0.646. The molecule has 0 aliphatic heterocycles. The number of ether oxygens (including phenoxy) is 2. The third kappa shape index (κ3) is 4.67. The third-order valence-corrected chi connectivity index (χ3v) is 4.13. The molecule has 3 aromatic rings. The number of esters is 1. The molecule has 0 aliphatic rings. The fourth-order valence-corrected chi connectivity index (χ4v) is 2.71. The van der Waals surface area contributed by atoms with E-state index in [4.69, 9.17) is 4.74 Å². The topological polar surface area (TPSA) is 99.5 Å². The minimum absolute atomic E-state index is 0.263. The Hall–Kier alpha value is -3.94. The molecule has 148 valence electrons. The Kier molecular flexibility index (Phi) is 6.03. The molecule has 0 radical (unpaired) electrons. The van der Waals surface area contributed by atoms with Crippen LogP contribution in [-0.4, -0.2) is 35.9 Å². The number of nitrogens with zero attached hydrogens (tertiary/aromatic N) is 2. The molecule has 29 heavy (non-hydrogen) atoms. The third-order valence-electron chi connectivity index (χ3n) is 4.13. The van der Waals surface area contributed by atoms with Gasteiger partial charge in [-0.15, -0.1) is 0 Å². The van der Waals surface area contributed by atoms with Crippen molar-refractivity contribution in [2.45, 2.75) is 6.54 Å². The van der Waals surface area contributed by atoms with Crippen molar-refractivity contribution in [3.05, 3.63) is 76.6 Å². The van der Waals surface area contributed by atoms with Gasteiger partial charge in [-0.3, -0.25) is 9.59 Å². The summed E-state index contributed by atoms with van der Waals surface area (Å²) >= 11 is 0. The molecule has 0 unspecified atom stereocenters. The number of methoxy groups -OCH3 is 2. The number of benzene rings is 2. The van der Waals surface area contributed by atoms with Crippen molar-refractivity contribution in [1.29, 1.82) is 0 Å². The summed E-state index contributed by atoms with van der Waals surface area (Å²) in [7, 11) is 2.84. The molecule has 0 saturated carbocycles. The van der Waals surface area contributed by atoms with E-state index in [1.54, 1.807) is 31.4 Å². The van der Waals surface area contributed by atoms with Crippen LogP contribution in [0.2, 0.25) is 0 Å². The molecule has 0 spiro atoms. The number of rotatable bonds is 6. The van der Waals surface area contributed by atoms with Crippen molar-refractivity contribution in [2.75, 3.05) is 19.5 Å². The van der Waals surface area contributed by atoms with Gasteiger partial charge in [0.25, 0.3) is 5.56 Å². The van der Waals surface area contributed by atoms with Crippen LogP contribution in [0.25, 0.3) is 11.3 Å². The van der Waals surface area contributed by atoms with E-state index in [0.717, 1.165) is 4.68 Å². The molecule has 0 saturated heterocycles. The molecule has 0 atom stereocenters. The van der Waals surface area contributed by atoms with Crippen molar-refractivity contribution < 1.29 is 19.1 Å². The van der Waals surface area contributed by atoms with E-state index in [0.29, 0.717) is 28.3 Å². The molecule has 0 fully saturated rings. The zero-order chi connectivity index (χ0) is 20.8. The zero-order valence-electron chi connectivity index (χ0n) is 15.9. The highest BCUT2D eigenvalue weighted by Crippen LogP contribution is 2.27.